The molecule has 1 N–H and O–H groups in total. The minimum absolute atomic E-state index is 0.0362. The number of hydrogen-bond acceptors (Lipinski definition) is 14. The van der Waals surface area contributed by atoms with Gasteiger partial charge in [0, 0.05) is 18.1 Å². The van der Waals surface area contributed by atoms with Crippen LogP contribution >= 0.6 is 11.7 Å². The summed E-state index contributed by atoms with van der Waals surface area (Å²) in [5.41, 5.74) is 2.71. The third-order valence-electron chi connectivity index (χ3n) is 7.47. The van der Waals surface area contributed by atoms with E-state index in [9.17, 15) is 14.4 Å². The molecule has 1 aliphatic rings. The first-order valence-corrected chi connectivity index (χ1v) is 15.3. The van der Waals surface area contributed by atoms with Crippen molar-refractivity contribution in [3.05, 3.63) is 70.8 Å². The Bertz CT molecular complexity index is 1860. The second-order valence-corrected chi connectivity index (χ2v) is 10.7. The number of nitrogens with one attached hydrogen (secondary N) is 1. The van der Waals surface area contributed by atoms with E-state index in [-0.39, 0.29) is 35.5 Å². The van der Waals surface area contributed by atoms with Gasteiger partial charge >= 0.3 is 23.8 Å². The summed E-state index contributed by atoms with van der Waals surface area (Å²) in [5, 5.41) is 2.39. The second-order valence-electron chi connectivity index (χ2n) is 10.2. The molecule has 0 bridgehead atoms. The smallest absolute Gasteiger partial charge is 0.411 e. The molecule has 14 nitrogen and oxygen atoms in total. The van der Waals surface area contributed by atoms with Crippen molar-refractivity contribution in [3.63, 3.8) is 0 Å². The lowest BCUT2D eigenvalue weighted by Gasteiger charge is -2.32. The number of methoxy groups -OCH3 is 5. The van der Waals surface area contributed by atoms with Gasteiger partial charge in [0.2, 0.25) is 5.75 Å². The highest BCUT2D eigenvalue weighted by Gasteiger charge is 2.54. The molecule has 1 amide bonds. The zero-order valence-electron chi connectivity index (χ0n) is 27.0. The molecule has 15 heteroatoms. The molecule has 1 aromatic heterocycles. The number of carbonyl (C=O) groups is 3. The third kappa shape index (κ3) is 6.49. The van der Waals surface area contributed by atoms with Crippen molar-refractivity contribution in [2.24, 2.45) is 0 Å². The maximum Gasteiger partial charge on any atom is 0.411 e. The Balaban J connectivity index is 1.77. The summed E-state index contributed by atoms with van der Waals surface area (Å²) < 4.78 is 53.5. The molecule has 3 aromatic carbocycles. The van der Waals surface area contributed by atoms with Crippen LogP contribution in [0.5, 0.6) is 28.7 Å². The van der Waals surface area contributed by atoms with Gasteiger partial charge in [0.15, 0.2) is 11.5 Å². The van der Waals surface area contributed by atoms with E-state index in [1.807, 2.05) is 0 Å². The topological polar surface area (TPSA) is 163 Å². The van der Waals surface area contributed by atoms with Crippen LogP contribution in [0.1, 0.15) is 23.6 Å². The number of benzene rings is 3. The number of amides is 1. The average Bonchev–Trinajstić information content (AvgIpc) is 3.68. The molecule has 0 saturated carbocycles. The largest absolute Gasteiger partial charge is 0.497 e. The monoisotopic (exact) mass is 679 g/mol. The number of nitrogens with zero attached hydrogens (tertiary/aromatic N) is 2. The van der Waals surface area contributed by atoms with Crippen molar-refractivity contribution in [1.82, 2.24) is 14.1 Å². The van der Waals surface area contributed by atoms with Crippen LogP contribution < -0.4 is 29.0 Å². The summed E-state index contributed by atoms with van der Waals surface area (Å²) in [4.78, 5) is 39.7. The van der Waals surface area contributed by atoms with Gasteiger partial charge in [-0.3, -0.25) is 4.79 Å². The van der Waals surface area contributed by atoms with E-state index in [4.69, 9.17) is 37.9 Å². The molecule has 48 heavy (non-hydrogen) atoms. The molecule has 0 saturated heterocycles. The first kappa shape index (κ1) is 33.8. The van der Waals surface area contributed by atoms with Crippen LogP contribution in [0.4, 0.5) is 4.79 Å². The number of alkyl carbamates (subject to hydrolysis) is 1. The highest BCUT2D eigenvalue weighted by Crippen LogP contribution is 2.51. The SMILES string of the molecule is CCOC(=O)CNC(=O)OC1(c2ccc(OC)cc2OC)OC(=O)C(c2ccc3nsnc3c2)=C1Cc1cc(OC)c(OC)c(OC)c1. The Kier molecular flexibility index (Phi) is 10.2. The maximum absolute atomic E-state index is 14.1. The van der Waals surface area contributed by atoms with Crippen molar-refractivity contribution >= 4 is 46.4 Å². The van der Waals surface area contributed by atoms with Gasteiger partial charge in [-0.05, 0) is 54.4 Å². The van der Waals surface area contributed by atoms with Crippen LogP contribution in [-0.2, 0) is 36.0 Å². The first-order chi connectivity index (χ1) is 23.2. The van der Waals surface area contributed by atoms with Crippen LogP contribution in [0.3, 0.4) is 0 Å². The predicted octanol–water partition coefficient (Wildman–Crippen LogP) is 4.43. The molecule has 0 radical (unpaired) electrons. The molecule has 0 fully saturated rings. The van der Waals surface area contributed by atoms with Crippen LogP contribution in [-0.4, -0.2) is 75.5 Å². The summed E-state index contributed by atoms with van der Waals surface area (Å²) >= 11 is 1.03. The van der Waals surface area contributed by atoms with Crippen LogP contribution in [0.2, 0.25) is 0 Å². The van der Waals surface area contributed by atoms with Crippen molar-refractivity contribution in [2.75, 3.05) is 48.7 Å². The summed E-state index contributed by atoms with van der Waals surface area (Å²) in [6.07, 6.45) is -1.11. The van der Waals surface area contributed by atoms with E-state index in [1.54, 1.807) is 55.5 Å². The van der Waals surface area contributed by atoms with Gasteiger partial charge in [0.1, 0.15) is 29.1 Å². The average molecular weight is 680 g/mol. The molecule has 5 rings (SSSR count). The van der Waals surface area contributed by atoms with E-state index in [0.717, 1.165) is 11.7 Å². The fourth-order valence-corrected chi connectivity index (χ4v) is 5.87. The van der Waals surface area contributed by atoms with Crippen LogP contribution in [0.15, 0.2) is 54.1 Å². The number of carbonyl (C=O) groups excluding carboxylic acids is 3. The molecule has 2 heterocycles. The zero-order valence-corrected chi connectivity index (χ0v) is 27.9. The van der Waals surface area contributed by atoms with Gasteiger partial charge in [-0.25, -0.2) is 9.59 Å². The lowest BCUT2D eigenvalue weighted by molar-refractivity contribution is -0.185. The minimum Gasteiger partial charge on any atom is -0.497 e. The Morgan fingerprint density at radius 3 is 2.21 bits per heavy atom. The summed E-state index contributed by atoms with van der Waals surface area (Å²) in [5.74, 6) is -2.01. The van der Waals surface area contributed by atoms with Gasteiger partial charge in [0.05, 0.1) is 65.0 Å². The Morgan fingerprint density at radius 2 is 1.56 bits per heavy atom. The minimum atomic E-state index is -2.21. The van der Waals surface area contributed by atoms with Crippen LogP contribution in [0, 0.1) is 0 Å². The molecular formula is C33H33N3O11S. The molecular weight excluding hydrogens is 646 g/mol. The predicted molar refractivity (Wildman–Crippen MR) is 173 cm³/mol. The molecule has 1 atom stereocenters. The van der Waals surface area contributed by atoms with Gasteiger partial charge in [-0.15, -0.1) is 0 Å². The Hall–Kier alpha value is -5.57. The molecule has 0 spiro atoms. The molecule has 1 unspecified atom stereocenters. The number of rotatable bonds is 13. The quantitative estimate of drug-likeness (QED) is 0.198. The number of ether oxygens (including phenoxy) is 8. The van der Waals surface area contributed by atoms with Gasteiger partial charge in [0.25, 0.3) is 0 Å². The van der Waals surface area contributed by atoms with E-state index < -0.39 is 30.4 Å². The van der Waals surface area contributed by atoms with Crippen molar-refractivity contribution in [1.29, 1.82) is 0 Å². The molecule has 1 aliphatic heterocycles. The lowest BCUT2D eigenvalue weighted by Crippen LogP contribution is -2.41. The number of fused-ring (bicyclic) bond motifs is 1. The maximum atomic E-state index is 14.1. The highest BCUT2D eigenvalue weighted by molar-refractivity contribution is 7.00. The third-order valence-corrected chi connectivity index (χ3v) is 8.03. The van der Waals surface area contributed by atoms with Gasteiger partial charge in [-0.2, -0.15) is 8.75 Å². The van der Waals surface area contributed by atoms with Gasteiger partial charge < -0.3 is 43.2 Å². The standard InChI is InChI=1S/C33H33N3O11S/c1-7-45-28(37)17-34-32(39)47-33(21-10-9-20(40-2)16-25(21)41-3)22(12-18-13-26(42-4)30(44-6)27(14-18)43-5)29(31(38)46-33)19-8-11-23-24(15-19)36-48-35-23/h8-11,13-16H,7,12,17H2,1-6H3,(H,34,39). The Morgan fingerprint density at radius 1 is 0.854 bits per heavy atom. The zero-order chi connectivity index (χ0) is 34.4. The van der Waals surface area contributed by atoms with E-state index in [2.05, 4.69) is 14.1 Å². The van der Waals surface area contributed by atoms with Crippen LogP contribution in [0.25, 0.3) is 16.6 Å². The van der Waals surface area contributed by atoms with Gasteiger partial charge in [-0.1, -0.05) is 6.07 Å². The normalized spacial score (nSPS) is 15.5. The second kappa shape index (κ2) is 14.5. The summed E-state index contributed by atoms with van der Waals surface area (Å²) in [7, 11) is 7.34. The number of esters is 2. The lowest BCUT2D eigenvalue weighted by atomic mass is 9.87. The highest BCUT2D eigenvalue weighted by atomic mass is 32.1. The van der Waals surface area contributed by atoms with E-state index >= 15 is 0 Å². The fourth-order valence-electron chi connectivity index (χ4n) is 5.36. The molecule has 252 valence electrons. The number of hydrogen-bond donors (Lipinski definition) is 1. The van der Waals surface area contributed by atoms with Crippen molar-refractivity contribution in [2.45, 2.75) is 19.1 Å². The first-order valence-electron chi connectivity index (χ1n) is 14.5. The molecule has 0 aliphatic carbocycles. The molecule has 4 aromatic rings. The number of cyclic esters (lactones) is 1. The van der Waals surface area contributed by atoms with Crippen molar-refractivity contribution < 1.29 is 52.3 Å². The summed E-state index contributed by atoms with van der Waals surface area (Å²) in [6.45, 7) is 1.26. The van der Waals surface area contributed by atoms with E-state index in [1.165, 1.54) is 35.5 Å². The summed E-state index contributed by atoms with van der Waals surface area (Å²) in [6, 6.07) is 13.3. The van der Waals surface area contributed by atoms with E-state index in [0.29, 0.717) is 45.2 Å². The fraction of sp³-hybridized carbons (Fsp3) is 0.303. The number of aromatic nitrogens is 2. The van der Waals surface area contributed by atoms with Crippen molar-refractivity contribution in [3.8, 4) is 28.7 Å². The Labute approximate surface area is 279 Å².